The Balaban J connectivity index is 2.18. The van der Waals surface area contributed by atoms with Gasteiger partial charge in [-0.3, -0.25) is 10.1 Å². The van der Waals surface area contributed by atoms with Crippen molar-refractivity contribution in [2.24, 2.45) is 0 Å². The molecule has 6 nitrogen and oxygen atoms in total. The number of anilines is 2. The lowest BCUT2D eigenvalue weighted by Gasteiger charge is -2.04. The Morgan fingerprint density at radius 3 is 2.61 bits per heavy atom. The van der Waals surface area contributed by atoms with Gasteiger partial charge in [0.2, 0.25) is 0 Å². The highest BCUT2D eigenvalue weighted by molar-refractivity contribution is 5.59. The predicted molar refractivity (Wildman–Crippen MR) is 65.3 cm³/mol. The van der Waals surface area contributed by atoms with E-state index in [9.17, 15) is 10.1 Å². The number of hydrogen-bond donors (Lipinski definition) is 1. The standard InChI is InChI=1S/C12H8N4O2/c13-8-9-5-6-14-12(7-9)15-10-1-3-11(4-2-10)16(17)18/h1-7H,(H,14,15). The van der Waals surface area contributed by atoms with Gasteiger partial charge < -0.3 is 5.32 Å². The molecule has 2 rings (SSSR count). The molecule has 1 aromatic carbocycles. The van der Waals surface area contributed by atoms with Crippen LogP contribution in [0.5, 0.6) is 0 Å². The number of rotatable bonds is 3. The van der Waals surface area contributed by atoms with Crippen molar-refractivity contribution in [2.75, 3.05) is 5.32 Å². The first-order valence-electron chi connectivity index (χ1n) is 5.06. The third-order valence-electron chi connectivity index (χ3n) is 2.24. The summed E-state index contributed by atoms with van der Waals surface area (Å²) in [6.07, 6.45) is 1.52. The highest BCUT2D eigenvalue weighted by Gasteiger charge is 2.04. The van der Waals surface area contributed by atoms with Crippen LogP contribution >= 0.6 is 0 Å². The first-order chi connectivity index (χ1) is 8.69. The summed E-state index contributed by atoms with van der Waals surface area (Å²) in [6.45, 7) is 0. The first-order valence-corrected chi connectivity index (χ1v) is 5.06. The minimum atomic E-state index is -0.460. The van der Waals surface area contributed by atoms with Crippen LogP contribution in [0.3, 0.4) is 0 Å². The van der Waals surface area contributed by atoms with Gasteiger partial charge in [-0.2, -0.15) is 5.26 Å². The van der Waals surface area contributed by atoms with Crippen LogP contribution in [0.25, 0.3) is 0 Å². The second kappa shape index (κ2) is 4.93. The van der Waals surface area contributed by atoms with Crippen molar-refractivity contribution >= 4 is 17.2 Å². The number of nitro groups is 1. The van der Waals surface area contributed by atoms with Gasteiger partial charge in [-0.1, -0.05) is 0 Å². The SMILES string of the molecule is N#Cc1ccnc(Nc2ccc([N+](=O)[O-])cc2)c1. The molecular formula is C12H8N4O2. The number of nitriles is 1. The lowest BCUT2D eigenvalue weighted by atomic mass is 10.2. The summed E-state index contributed by atoms with van der Waals surface area (Å²) < 4.78 is 0. The molecule has 0 saturated heterocycles. The number of pyridine rings is 1. The molecule has 0 amide bonds. The predicted octanol–water partition coefficient (Wildman–Crippen LogP) is 2.61. The van der Waals surface area contributed by atoms with Crippen LogP contribution in [-0.4, -0.2) is 9.91 Å². The highest BCUT2D eigenvalue weighted by atomic mass is 16.6. The number of non-ortho nitro benzene ring substituents is 1. The van der Waals surface area contributed by atoms with Crippen LogP contribution in [-0.2, 0) is 0 Å². The molecular weight excluding hydrogens is 232 g/mol. The van der Waals surface area contributed by atoms with Crippen molar-refractivity contribution in [1.29, 1.82) is 5.26 Å². The Morgan fingerprint density at radius 2 is 2.00 bits per heavy atom. The summed E-state index contributed by atoms with van der Waals surface area (Å²) in [4.78, 5) is 14.1. The number of nitro benzene ring substituents is 1. The molecule has 0 aliphatic rings. The Bertz CT molecular complexity index is 617. The molecule has 0 fully saturated rings. The molecule has 0 unspecified atom stereocenters. The molecule has 0 atom stereocenters. The number of aromatic nitrogens is 1. The fraction of sp³-hybridized carbons (Fsp3) is 0. The average molecular weight is 240 g/mol. The first kappa shape index (κ1) is 11.5. The molecule has 88 valence electrons. The van der Waals surface area contributed by atoms with Gasteiger partial charge in [-0.05, 0) is 24.3 Å². The van der Waals surface area contributed by atoms with Gasteiger partial charge in [-0.25, -0.2) is 4.98 Å². The van der Waals surface area contributed by atoms with E-state index in [1.165, 1.54) is 18.3 Å². The van der Waals surface area contributed by atoms with E-state index < -0.39 is 4.92 Å². The van der Waals surface area contributed by atoms with E-state index in [1.807, 2.05) is 6.07 Å². The van der Waals surface area contributed by atoms with Crippen molar-refractivity contribution in [3.63, 3.8) is 0 Å². The number of nitrogens with one attached hydrogen (secondary N) is 1. The van der Waals surface area contributed by atoms with Gasteiger partial charge in [0, 0.05) is 24.0 Å². The van der Waals surface area contributed by atoms with Crippen LogP contribution in [0.15, 0.2) is 42.6 Å². The normalized spacial score (nSPS) is 9.50. The topological polar surface area (TPSA) is 91.8 Å². The van der Waals surface area contributed by atoms with E-state index in [0.29, 0.717) is 17.1 Å². The maximum Gasteiger partial charge on any atom is 0.269 e. The zero-order valence-electron chi connectivity index (χ0n) is 9.20. The highest BCUT2D eigenvalue weighted by Crippen LogP contribution is 2.19. The Labute approximate surface area is 103 Å². The summed E-state index contributed by atoms with van der Waals surface area (Å²) in [7, 11) is 0. The van der Waals surface area contributed by atoms with E-state index in [0.717, 1.165) is 0 Å². The minimum absolute atomic E-state index is 0.0271. The molecule has 0 bridgehead atoms. The molecule has 2 aromatic rings. The average Bonchev–Trinajstić information content (AvgIpc) is 2.39. The molecule has 1 aromatic heterocycles. The van der Waals surface area contributed by atoms with E-state index in [-0.39, 0.29) is 5.69 Å². The Kier molecular flexibility index (Phi) is 3.16. The second-order valence-corrected chi connectivity index (χ2v) is 3.47. The molecule has 0 aliphatic carbocycles. The van der Waals surface area contributed by atoms with Crippen molar-refractivity contribution < 1.29 is 4.92 Å². The van der Waals surface area contributed by atoms with Gasteiger partial charge >= 0.3 is 0 Å². The third-order valence-corrected chi connectivity index (χ3v) is 2.24. The summed E-state index contributed by atoms with van der Waals surface area (Å²) in [5, 5.41) is 22.2. The van der Waals surface area contributed by atoms with Crippen molar-refractivity contribution in [3.8, 4) is 6.07 Å². The fourth-order valence-corrected chi connectivity index (χ4v) is 1.38. The van der Waals surface area contributed by atoms with Crippen molar-refractivity contribution in [1.82, 2.24) is 4.98 Å². The van der Waals surface area contributed by atoms with Crippen LogP contribution in [0, 0.1) is 21.4 Å². The van der Waals surface area contributed by atoms with Gasteiger partial charge in [0.15, 0.2) is 0 Å². The monoisotopic (exact) mass is 240 g/mol. The van der Waals surface area contributed by atoms with Crippen molar-refractivity contribution in [3.05, 3.63) is 58.3 Å². The van der Waals surface area contributed by atoms with Crippen LogP contribution in [0.4, 0.5) is 17.2 Å². The molecule has 6 heteroatoms. The maximum absolute atomic E-state index is 10.5. The van der Waals surface area contributed by atoms with Crippen molar-refractivity contribution in [2.45, 2.75) is 0 Å². The van der Waals surface area contributed by atoms with E-state index in [1.54, 1.807) is 24.3 Å². The van der Waals surface area contributed by atoms with E-state index in [4.69, 9.17) is 5.26 Å². The smallest absolute Gasteiger partial charge is 0.269 e. The van der Waals surface area contributed by atoms with Crippen LogP contribution in [0.1, 0.15) is 5.56 Å². The second-order valence-electron chi connectivity index (χ2n) is 3.47. The number of nitrogens with zero attached hydrogens (tertiary/aromatic N) is 3. The van der Waals surface area contributed by atoms with E-state index >= 15 is 0 Å². The lowest BCUT2D eigenvalue weighted by molar-refractivity contribution is -0.384. The Hall–Kier alpha value is -2.94. The summed E-state index contributed by atoms with van der Waals surface area (Å²) in [6, 6.07) is 11.2. The molecule has 18 heavy (non-hydrogen) atoms. The quantitative estimate of drug-likeness (QED) is 0.657. The zero-order valence-corrected chi connectivity index (χ0v) is 9.20. The number of benzene rings is 1. The largest absolute Gasteiger partial charge is 0.340 e. The number of hydrogen-bond acceptors (Lipinski definition) is 5. The molecule has 0 radical (unpaired) electrons. The molecule has 1 N–H and O–H groups in total. The Morgan fingerprint density at radius 1 is 1.28 bits per heavy atom. The lowest BCUT2D eigenvalue weighted by Crippen LogP contribution is -1.94. The molecule has 0 saturated carbocycles. The van der Waals surface area contributed by atoms with Gasteiger partial charge in [-0.15, -0.1) is 0 Å². The minimum Gasteiger partial charge on any atom is -0.340 e. The van der Waals surface area contributed by atoms with Gasteiger partial charge in [0.1, 0.15) is 5.82 Å². The summed E-state index contributed by atoms with van der Waals surface area (Å²) in [5.41, 5.74) is 1.19. The molecule has 1 heterocycles. The summed E-state index contributed by atoms with van der Waals surface area (Å²) >= 11 is 0. The van der Waals surface area contributed by atoms with Crippen LogP contribution < -0.4 is 5.32 Å². The van der Waals surface area contributed by atoms with Gasteiger partial charge in [0.05, 0.1) is 16.6 Å². The van der Waals surface area contributed by atoms with Crippen LogP contribution in [0.2, 0.25) is 0 Å². The van der Waals surface area contributed by atoms with Gasteiger partial charge in [0.25, 0.3) is 5.69 Å². The molecule has 0 aliphatic heterocycles. The third kappa shape index (κ3) is 2.59. The fourth-order valence-electron chi connectivity index (χ4n) is 1.38. The van der Waals surface area contributed by atoms with E-state index in [2.05, 4.69) is 10.3 Å². The maximum atomic E-state index is 10.5. The summed E-state index contributed by atoms with van der Waals surface area (Å²) in [5.74, 6) is 0.517. The molecule has 0 spiro atoms. The zero-order chi connectivity index (χ0) is 13.0.